The lowest BCUT2D eigenvalue weighted by molar-refractivity contribution is -0.137. The molecule has 0 aliphatic carbocycles. The van der Waals surface area contributed by atoms with Crippen molar-refractivity contribution in [3.8, 4) is 0 Å². The summed E-state index contributed by atoms with van der Waals surface area (Å²) >= 11 is 0. The van der Waals surface area contributed by atoms with E-state index in [-0.39, 0.29) is 0 Å². The smallest absolute Gasteiger partial charge is 0.303 e. The molecule has 0 aliphatic heterocycles. The van der Waals surface area contributed by atoms with Gasteiger partial charge in [-0.05, 0) is 19.4 Å². The molecule has 0 radical (unpaired) electrons. The van der Waals surface area contributed by atoms with Gasteiger partial charge < -0.3 is 10.8 Å². The number of hydrogen-bond acceptors (Lipinski definition) is 2. The Morgan fingerprint density at radius 2 is 1.10 bits per heavy atom. The van der Waals surface area contributed by atoms with Gasteiger partial charge in [-0.2, -0.15) is 0 Å². The molecule has 0 aromatic carbocycles. The van der Waals surface area contributed by atoms with Crippen LogP contribution < -0.4 is 5.73 Å². The van der Waals surface area contributed by atoms with Gasteiger partial charge in [-0.3, -0.25) is 4.79 Å². The lowest BCUT2D eigenvalue weighted by Gasteiger charge is -1.99. The molecule has 0 aliphatic rings. The molecule has 0 heterocycles. The molecule has 3 N–H and O–H groups in total. The van der Waals surface area contributed by atoms with Crippen molar-refractivity contribution in [2.45, 2.75) is 104 Å². The number of unbranched alkanes of at least 4 members (excludes halogenated alkanes) is 11. The number of carbonyl (C=O) groups is 1. The van der Waals surface area contributed by atoms with Crippen molar-refractivity contribution in [1.82, 2.24) is 0 Å². The van der Waals surface area contributed by atoms with Gasteiger partial charge in [0.2, 0.25) is 0 Å². The molecule has 0 bridgehead atoms. The van der Waals surface area contributed by atoms with Gasteiger partial charge in [0.05, 0.1) is 0 Å². The standard InChI is InChI=1S/C11H22O2.C7H17N/c1-2-3-4-5-6-7-8-9-10-11(12)13;1-2-3-4-5-6-7-8/h2-10H2,1H3,(H,12,13);2-8H2,1H3. The topological polar surface area (TPSA) is 63.3 Å². The number of carboxylic acid groups (broad SMARTS) is 1. The van der Waals surface area contributed by atoms with Gasteiger partial charge in [0.15, 0.2) is 0 Å². The minimum Gasteiger partial charge on any atom is -0.481 e. The minimum absolute atomic E-state index is 0.342. The fourth-order valence-electron chi connectivity index (χ4n) is 2.16. The Bertz CT molecular complexity index is 190. The predicted octanol–water partition coefficient (Wildman–Crippen LogP) is 5.52. The summed E-state index contributed by atoms with van der Waals surface area (Å²) in [6.07, 6.45) is 16.7. The number of carboxylic acids is 1. The highest BCUT2D eigenvalue weighted by Crippen LogP contribution is 2.09. The number of nitrogens with two attached hydrogens (primary N) is 1. The first-order valence-corrected chi connectivity index (χ1v) is 9.10. The molecular formula is C18H39NO2. The van der Waals surface area contributed by atoms with Crippen molar-refractivity contribution in [2.24, 2.45) is 5.73 Å². The van der Waals surface area contributed by atoms with Crippen LogP contribution in [0.4, 0.5) is 0 Å². The molecular weight excluding hydrogens is 262 g/mol. The molecule has 0 spiro atoms. The normalized spacial score (nSPS) is 10.0. The Hall–Kier alpha value is -0.570. The van der Waals surface area contributed by atoms with Crippen LogP contribution in [0, 0.1) is 0 Å². The summed E-state index contributed by atoms with van der Waals surface area (Å²) in [5.41, 5.74) is 5.31. The van der Waals surface area contributed by atoms with Gasteiger partial charge in [0, 0.05) is 6.42 Å². The lowest BCUT2D eigenvalue weighted by atomic mass is 10.1. The Morgan fingerprint density at radius 1 is 0.714 bits per heavy atom. The minimum atomic E-state index is -0.661. The molecule has 0 aromatic rings. The van der Waals surface area contributed by atoms with Crippen LogP contribution in [0.1, 0.15) is 104 Å². The van der Waals surface area contributed by atoms with Crippen molar-refractivity contribution < 1.29 is 9.90 Å². The maximum absolute atomic E-state index is 10.2. The Balaban J connectivity index is 0. The van der Waals surface area contributed by atoms with Crippen LogP contribution in [0.25, 0.3) is 0 Å². The van der Waals surface area contributed by atoms with Crippen molar-refractivity contribution in [2.75, 3.05) is 6.54 Å². The predicted molar refractivity (Wildman–Crippen MR) is 92.7 cm³/mol. The van der Waals surface area contributed by atoms with Crippen LogP contribution in [0.2, 0.25) is 0 Å². The summed E-state index contributed by atoms with van der Waals surface area (Å²) < 4.78 is 0. The van der Waals surface area contributed by atoms with E-state index in [4.69, 9.17) is 10.8 Å². The first kappa shape index (κ1) is 22.7. The summed E-state index contributed by atoms with van der Waals surface area (Å²) in [5, 5.41) is 8.39. The number of rotatable bonds is 14. The van der Waals surface area contributed by atoms with Crippen LogP contribution >= 0.6 is 0 Å². The highest BCUT2D eigenvalue weighted by Gasteiger charge is 1.96. The van der Waals surface area contributed by atoms with Crippen LogP contribution in [0.15, 0.2) is 0 Å². The molecule has 0 saturated carbocycles. The van der Waals surface area contributed by atoms with Crippen molar-refractivity contribution in [3.05, 3.63) is 0 Å². The first-order chi connectivity index (χ1) is 10.2. The molecule has 21 heavy (non-hydrogen) atoms. The SMILES string of the molecule is CCCCCCCCCCC(=O)O.CCCCCCCN. The summed E-state index contributed by atoms with van der Waals surface area (Å²) in [7, 11) is 0. The molecule has 0 amide bonds. The van der Waals surface area contributed by atoms with Crippen LogP contribution in [-0.4, -0.2) is 17.6 Å². The molecule has 0 saturated heterocycles. The molecule has 3 heteroatoms. The highest BCUT2D eigenvalue weighted by atomic mass is 16.4. The van der Waals surface area contributed by atoms with Gasteiger partial charge in [-0.1, -0.05) is 84.5 Å². The zero-order valence-corrected chi connectivity index (χ0v) is 14.5. The fourth-order valence-corrected chi connectivity index (χ4v) is 2.16. The van der Waals surface area contributed by atoms with E-state index >= 15 is 0 Å². The third kappa shape index (κ3) is 28.3. The number of aliphatic carboxylic acids is 1. The van der Waals surface area contributed by atoms with Crippen molar-refractivity contribution in [3.63, 3.8) is 0 Å². The second-order valence-corrected chi connectivity index (χ2v) is 5.82. The zero-order valence-electron chi connectivity index (χ0n) is 14.5. The van der Waals surface area contributed by atoms with Gasteiger partial charge >= 0.3 is 5.97 Å². The van der Waals surface area contributed by atoms with Crippen LogP contribution in [0.5, 0.6) is 0 Å². The molecule has 0 atom stereocenters. The lowest BCUT2D eigenvalue weighted by Crippen LogP contribution is -1.97. The summed E-state index contributed by atoms with van der Waals surface area (Å²) in [6.45, 7) is 5.30. The van der Waals surface area contributed by atoms with E-state index in [1.54, 1.807) is 0 Å². The van der Waals surface area contributed by atoms with Crippen molar-refractivity contribution in [1.29, 1.82) is 0 Å². The van der Waals surface area contributed by atoms with Crippen LogP contribution in [-0.2, 0) is 4.79 Å². The number of hydrogen-bond donors (Lipinski definition) is 2. The fraction of sp³-hybridized carbons (Fsp3) is 0.944. The van der Waals surface area contributed by atoms with E-state index < -0.39 is 5.97 Å². The average Bonchev–Trinajstić information content (AvgIpc) is 2.47. The van der Waals surface area contributed by atoms with Crippen molar-refractivity contribution >= 4 is 5.97 Å². The maximum atomic E-state index is 10.2. The largest absolute Gasteiger partial charge is 0.481 e. The molecule has 128 valence electrons. The van der Waals surface area contributed by atoms with E-state index in [0.29, 0.717) is 6.42 Å². The average molecular weight is 302 g/mol. The van der Waals surface area contributed by atoms with Crippen LogP contribution in [0.3, 0.4) is 0 Å². The van der Waals surface area contributed by atoms with E-state index in [2.05, 4.69) is 13.8 Å². The monoisotopic (exact) mass is 301 g/mol. The Labute approximate surface area is 132 Å². The molecule has 0 aromatic heterocycles. The third-order valence-corrected chi connectivity index (χ3v) is 3.55. The Morgan fingerprint density at radius 3 is 1.48 bits per heavy atom. The third-order valence-electron chi connectivity index (χ3n) is 3.55. The summed E-state index contributed by atoms with van der Waals surface area (Å²) in [5.74, 6) is -0.661. The summed E-state index contributed by atoms with van der Waals surface area (Å²) in [4.78, 5) is 10.2. The van der Waals surface area contributed by atoms with E-state index in [1.165, 1.54) is 70.6 Å². The van der Waals surface area contributed by atoms with E-state index in [9.17, 15) is 4.79 Å². The maximum Gasteiger partial charge on any atom is 0.303 e. The van der Waals surface area contributed by atoms with Gasteiger partial charge in [-0.25, -0.2) is 0 Å². The zero-order chi connectivity index (χ0) is 16.2. The van der Waals surface area contributed by atoms with Gasteiger partial charge in [-0.15, -0.1) is 0 Å². The second kappa shape index (κ2) is 21.7. The van der Waals surface area contributed by atoms with Gasteiger partial charge in [0.25, 0.3) is 0 Å². The van der Waals surface area contributed by atoms with E-state index in [0.717, 1.165) is 19.4 Å². The Kier molecular flexibility index (Phi) is 23.5. The first-order valence-electron chi connectivity index (χ1n) is 9.10. The van der Waals surface area contributed by atoms with E-state index in [1.807, 2.05) is 0 Å². The molecule has 0 unspecified atom stereocenters. The molecule has 0 rings (SSSR count). The van der Waals surface area contributed by atoms with Gasteiger partial charge in [0.1, 0.15) is 0 Å². The highest BCUT2D eigenvalue weighted by molar-refractivity contribution is 5.66. The molecule has 0 fully saturated rings. The quantitative estimate of drug-likeness (QED) is 0.415. The molecule has 3 nitrogen and oxygen atoms in total. The second-order valence-electron chi connectivity index (χ2n) is 5.82. The summed E-state index contributed by atoms with van der Waals surface area (Å²) in [6, 6.07) is 0.